The number of amides is 2. The van der Waals surface area contributed by atoms with Gasteiger partial charge in [0.05, 0.1) is 10.2 Å². The van der Waals surface area contributed by atoms with Crippen LogP contribution in [-0.2, 0) is 6.54 Å². The van der Waals surface area contributed by atoms with Gasteiger partial charge in [-0.25, -0.2) is 9.78 Å². The molecule has 2 amide bonds. The molecule has 2 N–H and O–H groups in total. The molecule has 3 aromatic rings. The topological polar surface area (TPSA) is 54.0 Å². The summed E-state index contributed by atoms with van der Waals surface area (Å²) in [5.74, 6) is 0.403. The van der Waals surface area contributed by atoms with Gasteiger partial charge in [0.1, 0.15) is 0 Å². The number of fused-ring (bicyclic) bond motifs is 1. The number of para-hydroxylation sites is 1. The summed E-state index contributed by atoms with van der Waals surface area (Å²) >= 11 is 1.50. The van der Waals surface area contributed by atoms with Crippen LogP contribution in [0.3, 0.4) is 0 Å². The Bertz CT molecular complexity index is 812. The van der Waals surface area contributed by atoms with Gasteiger partial charge in [0, 0.05) is 6.54 Å². The Hall–Kier alpha value is -2.40. The molecule has 0 unspecified atom stereocenters. The molecule has 0 spiro atoms. The van der Waals surface area contributed by atoms with Crippen molar-refractivity contribution in [2.45, 2.75) is 26.3 Å². The number of hydrogen-bond donors (Lipinski definition) is 2. The number of aromatic nitrogens is 1. The number of benzene rings is 2. The summed E-state index contributed by atoms with van der Waals surface area (Å²) in [5, 5.41) is 6.29. The number of nitrogens with zero attached hydrogens (tertiary/aromatic N) is 1. The number of nitrogens with one attached hydrogen (secondary N) is 2. The van der Waals surface area contributed by atoms with Gasteiger partial charge < -0.3 is 5.32 Å². The molecule has 0 aliphatic rings. The number of rotatable bonds is 4. The highest BCUT2D eigenvalue weighted by atomic mass is 32.1. The summed E-state index contributed by atoms with van der Waals surface area (Å²) in [6, 6.07) is 15.7. The summed E-state index contributed by atoms with van der Waals surface area (Å²) in [6.45, 7) is 4.79. The average molecular weight is 325 g/mol. The van der Waals surface area contributed by atoms with Crippen molar-refractivity contribution in [3.05, 3.63) is 59.7 Å². The minimum atomic E-state index is -0.237. The van der Waals surface area contributed by atoms with Gasteiger partial charge in [-0.15, -0.1) is 0 Å². The van der Waals surface area contributed by atoms with E-state index in [0.717, 1.165) is 15.8 Å². The normalized spacial score (nSPS) is 10.9. The van der Waals surface area contributed by atoms with Crippen LogP contribution < -0.4 is 10.6 Å². The first-order valence-electron chi connectivity index (χ1n) is 7.61. The maximum absolute atomic E-state index is 12.0. The number of anilines is 1. The standard InChI is InChI=1S/C18H19N3OS/c1-12(2)14-9-6-10-15-16(14)20-18(23-15)21-17(22)19-11-13-7-4-3-5-8-13/h3-10,12H,11H2,1-2H3,(H2,19,20,21,22). The van der Waals surface area contributed by atoms with E-state index in [4.69, 9.17) is 0 Å². The molecular formula is C18H19N3OS. The van der Waals surface area contributed by atoms with Crippen LogP contribution in [0.15, 0.2) is 48.5 Å². The second-order valence-corrected chi connectivity index (χ2v) is 6.69. The van der Waals surface area contributed by atoms with Crippen molar-refractivity contribution in [1.82, 2.24) is 10.3 Å². The van der Waals surface area contributed by atoms with Gasteiger partial charge in [-0.3, -0.25) is 5.32 Å². The number of urea groups is 1. The van der Waals surface area contributed by atoms with E-state index in [1.54, 1.807) is 0 Å². The lowest BCUT2D eigenvalue weighted by Gasteiger charge is -2.05. The van der Waals surface area contributed by atoms with Crippen LogP contribution in [-0.4, -0.2) is 11.0 Å². The van der Waals surface area contributed by atoms with E-state index in [2.05, 4.69) is 35.5 Å². The van der Waals surface area contributed by atoms with Gasteiger partial charge in [0.2, 0.25) is 0 Å². The van der Waals surface area contributed by atoms with Crippen LogP contribution in [0.4, 0.5) is 9.93 Å². The zero-order valence-corrected chi connectivity index (χ0v) is 14.0. The number of carbonyl (C=O) groups excluding carboxylic acids is 1. The van der Waals surface area contributed by atoms with Crippen molar-refractivity contribution in [2.24, 2.45) is 0 Å². The van der Waals surface area contributed by atoms with Gasteiger partial charge in [0.25, 0.3) is 0 Å². The van der Waals surface area contributed by atoms with Gasteiger partial charge in [-0.2, -0.15) is 0 Å². The SMILES string of the molecule is CC(C)c1cccc2sc(NC(=O)NCc3ccccc3)nc12. The Morgan fingerprint density at radius 2 is 1.91 bits per heavy atom. The first-order chi connectivity index (χ1) is 11.1. The van der Waals surface area contributed by atoms with Crippen LogP contribution in [0.25, 0.3) is 10.2 Å². The number of thiazole rings is 1. The molecule has 1 heterocycles. The molecule has 0 aliphatic carbocycles. The molecule has 5 heteroatoms. The van der Waals surface area contributed by atoms with E-state index in [9.17, 15) is 4.79 Å². The lowest BCUT2D eigenvalue weighted by molar-refractivity contribution is 0.251. The Balaban J connectivity index is 1.69. The lowest BCUT2D eigenvalue weighted by Crippen LogP contribution is -2.28. The lowest BCUT2D eigenvalue weighted by atomic mass is 10.0. The molecule has 0 saturated heterocycles. The summed E-state index contributed by atoms with van der Waals surface area (Å²) < 4.78 is 1.09. The summed E-state index contributed by atoms with van der Waals surface area (Å²) in [6.07, 6.45) is 0. The predicted molar refractivity (Wildman–Crippen MR) is 96.0 cm³/mol. The largest absolute Gasteiger partial charge is 0.334 e. The Kier molecular flexibility index (Phi) is 4.57. The predicted octanol–water partition coefficient (Wildman–Crippen LogP) is 4.74. The van der Waals surface area contributed by atoms with Gasteiger partial charge in [0.15, 0.2) is 5.13 Å². The first kappa shape index (κ1) is 15.5. The number of hydrogen-bond acceptors (Lipinski definition) is 3. The van der Waals surface area contributed by atoms with Crippen molar-refractivity contribution >= 4 is 32.7 Å². The molecule has 0 bridgehead atoms. The maximum atomic E-state index is 12.0. The second kappa shape index (κ2) is 6.79. The number of carbonyl (C=O) groups is 1. The van der Waals surface area contributed by atoms with E-state index >= 15 is 0 Å². The fourth-order valence-corrected chi connectivity index (χ4v) is 3.30. The van der Waals surface area contributed by atoms with Crippen LogP contribution in [0.2, 0.25) is 0 Å². The fourth-order valence-electron chi connectivity index (χ4n) is 2.41. The van der Waals surface area contributed by atoms with Crippen LogP contribution in [0.5, 0.6) is 0 Å². The highest BCUT2D eigenvalue weighted by molar-refractivity contribution is 7.22. The van der Waals surface area contributed by atoms with Crippen LogP contribution >= 0.6 is 11.3 Å². The van der Waals surface area contributed by atoms with E-state index in [-0.39, 0.29) is 6.03 Å². The third kappa shape index (κ3) is 3.68. The van der Waals surface area contributed by atoms with Crippen molar-refractivity contribution in [1.29, 1.82) is 0 Å². The molecule has 2 aromatic carbocycles. The Labute approximate surface area is 139 Å². The van der Waals surface area contributed by atoms with E-state index in [0.29, 0.717) is 17.6 Å². The van der Waals surface area contributed by atoms with Crippen LogP contribution in [0, 0.1) is 0 Å². The van der Waals surface area contributed by atoms with Crippen LogP contribution in [0.1, 0.15) is 30.9 Å². The third-order valence-electron chi connectivity index (χ3n) is 3.59. The zero-order valence-electron chi connectivity index (χ0n) is 13.2. The molecule has 118 valence electrons. The monoisotopic (exact) mass is 325 g/mol. The molecule has 0 radical (unpaired) electrons. The molecule has 4 nitrogen and oxygen atoms in total. The van der Waals surface area contributed by atoms with Crippen molar-refractivity contribution in [3.63, 3.8) is 0 Å². The highest BCUT2D eigenvalue weighted by Crippen LogP contribution is 2.31. The molecule has 0 fully saturated rings. The minimum absolute atomic E-state index is 0.237. The van der Waals surface area contributed by atoms with Crippen molar-refractivity contribution < 1.29 is 4.79 Å². The summed E-state index contributed by atoms with van der Waals surface area (Å²) in [7, 11) is 0. The quantitative estimate of drug-likeness (QED) is 0.728. The molecule has 0 aliphatic heterocycles. The third-order valence-corrected chi connectivity index (χ3v) is 4.52. The molecule has 0 atom stereocenters. The summed E-state index contributed by atoms with van der Waals surface area (Å²) in [5.41, 5.74) is 3.25. The average Bonchev–Trinajstić information content (AvgIpc) is 2.95. The molecule has 0 saturated carbocycles. The molecule has 3 rings (SSSR count). The maximum Gasteiger partial charge on any atom is 0.321 e. The fraction of sp³-hybridized carbons (Fsp3) is 0.222. The smallest absolute Gasteiger partial charge is 0.321 e. The summed E-state index contributed by atoms with van der Waals surface area (Å²) in [4.78, 5) is 16.6. The zero-order chi connectivity index (χ0) is 16.2. The second-order valence-electron chi connectivity index (χ2n) is 5.66. The molecular weight excluding hydrogens is 306 g/mol. The Morgan fingerprint density at radius 1 is 1.13 bits per heavy atom. The molecule has 23 heavy (non-hydrogen) atoms. The molecule has 1 aromatic heterocycles. The van der Waals surface area contributed by atoms with E-state index < -0.39 is 0 Å². The van der Waals surface area contributed by atoms with E-state index in [1.165, 1.54) is 16.9 Å². The van der Waals surface area contributed by atoms with Gasteiger partial charge in [-0.05, 0) is 23.1 Å². The van der Waals surface area contributed by atoms with Crippen molar-refractivity contribution in [2.75, 3.05) is 5.32 Å². The first-order valence-corrected chi connectivity index (χ1v) is 8.43. The highest BCUT2D eigenvalue weighted by Gasteiger charge is 2.12. The van der Waals surface area contributed by atoms with Crippen molar-refractivity contribution in [3.8, 4) is 0 Å². The van der Waals surface area contributed by atoms with Gasteiger partial charge in [-0.1, -0.05) is 67.6 Å². The Morgan fingerprint density at radius 3 is 2.65 bits per heavy atom. The van der Waals surface area contributed by atoms with E-state index in [1.807, 2.05) is 42.5 Å². The minimum Gasteiger partial charge on any atom is -0.334 e. The van der Waals surface area contributed by atoms with Gasteiger partial charge >= 0.3 is 6.03 Å².